The molecule has 1 aliphatic carbocycles. The quantitative estimate of drug-likeness (QED) is 0.706. The summed E-state index contributed by atoms with van der Waals surface area (Å²) in [5.41, 5.74) is 0. The SMILES string of the molecule is CC1CCCCC1NC(=O)NC(=O)COC(=O)C1CCN(C(=O)c2ccco2)CC1. The van der Waals surface area contributed by atoms with Crippen LogP contribution in [-0.4, -0.2) is 54.5 Å². The summed E-state index contributed by atoms with van der Waals surface area (Å²) in [4.78, 5) is 50.0. The number of hydrogen-bond donors (Lipinski definition) is 2. The Kier molecular flexibility index (Phi) is 7.48. The van der Waals surface area contributed by atoms with Crippen molar-refractivity contribution >= 4 is 23.8 Å². The van der Waals surface area contributed by atoms with Crippen LogP contribution < -0.4 is 10.6 Å². The molecular formula is C21H29N3O6. The molecule has 2 heterocycles. The van der Waals surface area contributed by atoms with Crippen LogP contribution in [0.5, 0.6) is 0 Å². The summed E-state index contributed by atoms with van der Waals surface area (Å²) in [6.45, 7) is 2.40. The van der Waals surface area contributed by atoms with Gasteiger partial charge in [-0.25, -0.2) is 4.79 Å². The zero-order chi connectivity index (χ0) is 21.5. The summed E-state index contributed by atoms with van der Waals surface area (Å²) in [7, 11) is 0. The van der Waals surface area contributed by atoms with E-state index in [-0.39, 0.29) is 23.6 Å². The molecule has 9 nitrogen and oxygen atoms in total. The first-order chi connectivity index (χ1) is 14.4. The number of furan rings is 1. The molecule has 1 saturated carbocycles. The minimum absolute atomic E-state index is 0.0585. The predicted octanol–water partition coefficient (Wildman–Crippen LogP) is 2.08. The standard InChI is InChI=1S/C21H29N3O6/c1-14-5-2-3-6-16(14)22-21(28)23-18(25)13-30-20(27)15-8-10-24(11-9-15)19(26)17-7-4-12-29-17/h4,7,12,14-16H,2-3,5-6,8-11,13H2,1H3,(H2,22,23,25,28). The minimum Gasteiger partial charge on any atom is -0.459 e. The molecule has 4 amide bonds. The van der Waals surface area contributed by atoms with E-state index in [0.717, 1.165) is 25.7 Å². The second-order valence-corrected chi connectivity index (χ2v) is 8.04. The number of carbonyl (C=O) groups excluding carboxylic acids is 4. The van der Waals surface area contributed by atoms with Gasteiger partial charge in [-0.1, -0.05) is 19.8 Å². The van der Waals surface area contributed by atoms with Gasteiger partial charge in [-0.15, -0.1) is 0 Å². The van der Waals surface area contributed by atoms with E-state index in [0.29, 0.717) is 31.8 Å². The van der Waals surface area contributed by atoms with E-state index in [1.165, 1.54) is 6.26 Å². The highest BCUT2D eigenvalue weighted by Crippen LogP contribution is 2.23. The second-order valence-electron chi connectivity index (χ2n) is 8.04. The zero-order valence-corrected chi connectivity index (χ0v) is 17.2. The molecule has 0 radical (unpaired) electrons. The lowest BCUT2D eigenvalue weighted by molar-refractivity contribution is -0.153. The Balaban J connectivity index is 1.34. The number of rotatable bonds is 5. The fourth-order valence-electron chi connectivity index (χ4n) is 4.03. The number of carbonyl (C=O) groups is 4. The summed E-state index contributed by atoms with van der Waals surface area (Å²) < 4.78 is 10.2. The van der Waals surface area contributed by atoms with Crippen LogP contribution in [0, 0.1) is 11.8 Å². The molecule has 0 bridgehead atoms. The first-order valence-electron chi connectivity index (χ1n) is 10.5. The molecule has 0 aromatic carbocycles. The van der Waals surface area contributed by atoms with Crippen molar-refractivity contribution in [3.05, 3.63) is 24.2 Å². The number of amides is 4. The van der Waals surface area contributed by atoms with Gasteiger partial charge in [0, 0.05) is 19.1 Å². The maximum atomic E-state index is 12.2. The highest BCUT2D eigenvalue weighted by atomic mass is 16.5. The summed E-state index contributed by atoms with van der Waals surface area (Å²) in [6, 6.07) is 2.76. The van der Waals surface area contributed by atoms with Crippen LogP contribution in [0.1, 0.15) is 56.0 Å². The van der Waals surface area contributed by atoms with E-state index in [4.69, 9.17) is 9.15 Å². The molecule has 2 unspecified atom stereocenters. The Morgan fingerprint density at radius 1 is 1.13 bits per heavy atom. The van der Waals surface area contributed by atoms with Crippen molar-refractivity contribution in [3.8, 4) is 0 Å². The average molecular weight is 419 g/mol. The number of likely N-dealkylation sites (tertiary alicyclic amines) is 1. The molecule has 2 atom stereocenters. The maximum absolute atomic E-state index is 12.2. The molecule has 9 heteroatoms. The summed E-state index contributed by atoms with van der Waals surface area (Å²) in [5, 5.41) is 5.04. The first-order valence-corrected chi connectivity index (χ1v) is 10.5. The molecule has 1 aromatic heterocycles. The van der Waals surface area contributed by atoms with Crippen molar-refractivity contribution in [3.63, 3.8) is 0 Å². The number of hydrogen-bond acceptors (Lipinski definition) is 6. The zero-order valence-electron chi connectivity index (χ0n) is 17.2. The van der Waals surface area contributed by atoms with E-state index >= 15 is 0 Å². The Labute approximate surface area is 175 Å². The van der Waals surface area contributed by atoms with Crippen molar-refractivity contribution in [1.29, 1.82) is 0 Å². The monoisotopic (exact) mass is 419 g/mol. The predicted molar refractivity (Wildman–Crippen MR) is 106 cm³/mol. The van der Waals surface area contributed by atoms with Gasteiger partial charge < -0.3 is 19.4 Å². The molecule has 3 rings (SSSR count). The van der Waals surface area contributed by atoms with Gasteiger partial charge in [-0.2, -0.15) is 0 Å². The topological polar surface area (TPSA) is 118 Å². The van der Waals surface area contributed by atoms with Gasteiger partial charge in [-0.05, 0) is 43.7 Å². The molecule has 1 saturated heterocycles. The fraction of sp³-hybridized carbons (Fsp3) is 0.619. The van der Waals surface area contributed by atoms with Crippen LogP contribution in [0.2, 0.25) is 0 Å². The van der Waals surface area contributed by atoms with Crippen molar-refractivity contribution in [2.24, 2.45) is 11.8 Å². The van der Waals surface area contributed by atoms with Gasteiger partial charge in [0.25, 0.3) is 11.8 Å². The van der Waals surface area contributed by atoms with Crippen LogP contribution in [0.4, 0.5) is 4.79 Å². The number of ether oxygens (including phenoxy) is 1. The molecule has 30 heavy (non-hydrogen) atoms. The van der Waals surface area contributed by atoms with Gasteiger partial charge in [0.15, 0.2) is 12.4 Å². The third-order valence-corrected chi connectivity index (χ3v) is 5.87. The van der Waals surface area contributed by atoms with Crippen LogP contribution >= 0.6 is 0 Å². The van der Waals surface area contributed by atoms with E-state index in [1.807, 2.05) is 0 Å². The highest BCUT2D eigenvalue weighted by molar-refractivity contribution is 5.95. The number of imide groups is 1. The van der Waals surface area contributed by atoms with Crippen molar-refractivity contribution in [2.75, 3.05) is 19.7 Å². The molecule has 2 aliphatic rings. The Bertz CT molecular complexity index is 755. The van der Waals surface area contributed by atoms with Gasteiger partial charge in [0.1, 0.15) is 0 Å². The van der Waals surface area contributed by atoms with E-state index in [2.05, 4.69) is 17.6 Å². The van der Waals surface area contributed by atoms with E-state index < -0.39 is 24.5 Å². The number of piperidine rings is 1. The second kappa shape index (κ2) is 10.3. The number of nitrogens with zero attached hydrogens (tertiary/aromatic N) is 1. The highest BCUT2D eigenvalue weighted by Gasteiger charge is 2.30. The van der Waals surface area contributed by atoms with Crippen LogP contribution in [0.3, 0.4) is 0 Å². The average Bonchev–Trinajstić information content (AvgIpc) is 3.28. The number of esters is 1. The van der Waals surface area contributed by atoms with Gasteiger partial charge >= 0.3 is 12.0 Å². The molecule has 2 fully saturated rings. The van der Waals surface area contributed by atoms with E-state index in [9.17, 15) is 19.2 Å². The van der Waals surface area contributed by atoms with Crippen LogP contribution in [0.25, 0.3) is 0 Å². The summed E-state index contributed by atoms with van der Waals surface area (Å²) in [5.74, 6) is -1.08. The summed E-state index contributed by atoms with van der Waals surface area (Å²) >= 11 is 0. The van der Waals surface area contributed by atoms with Crippen LogP contribution in [0.15, 0.2) is 22.8 Å². The van der Waals surface area contributed by atoms with E-state index in [1.54, 1.807) is 17.0 Å². The first kappa shape index (κ1) is 21.9. The lowest BCUT2D eigenvalue weighted by atomic mass is 9.86. The van der Waals surface area contributed by atoms with Gasteiger partial charge in [0.05, 0.1) is 12.2 Å². The molecular weight excluding hydrogens is 390 g/mol. The molecule has 0 spiro atoms. The number of nitrogens with one attached hydrogen (secondary N) is 2. The minimum atomic E-state index is -0.658. The lowest BCUT2D eigenvalue weighted by Gasteiger charge is -2.30. The van der Waals surface area contributed by atoms with Crippen molar-refractivity contribution in [2.45, 2.75) is 51.5 Å². The molecule has 1 aliphatic heterocycles. The third kappa shape index (κ3) is 5.84. The van der Waals surface area contributed by atoms with Crippen LogP contribution in [-0.2, 0) is 14.3 Å². The largest absolute Gasteiger partial charge is 0.459 e. The normalized spacial score (nSPS) is 22.2. The Hall–Kier alpha value is -2.84. The number of urea groups is 1. The summed E-state index contributed by atoms with van der Waals surface area (Å²) in [6.07, 6.45) is 6.53. The Morgan fingerprint density at radius 3 is 2.53 bits per heavy atom. The lowest BCUT2D eigenvalue weighted by Crippen LogP contribution is -2.48. The van der Waals surface area contributed by atoms with Crippen molar-refractivity contribution in [1.82, 2.24) is 15.5 Å². The molecule has 164 valence electrons. The fourth-order valence-corrected chi connectivity index (χ4v) is 4.03. The van der Waals surface area contributed by atoms with Gasteiger partial charge in [0.2, 0.25) is 0 Å². The van der Waals surface area contributed by atoms with Gasteiger partial charge in [-0.3, -0.25) is 19.7 Å². The third-order valence-electron chi connectivity index (χ3n) is 5.87. The maximum Gasteiger partial charge on any atom is 0.321 e. The smallest absolute Gasteiger partial charge is 0.321 e. The van der Waals surface area contributed by atoms with Crippen molar-refractivity contribution < 1.29 is 28.3 Å². The molecule has 2 N–H and O–H groups in total. The molecule has 1 aromatic rings. The Morgan fingerprint density at radius 2 is 1.87 bits per heavy atom.